The van der Waals surface area contributed by atoms with Gasteiger partial charge < -0.3 is 16.4 Å². The molecule has 8 heteroatoms. The first kappa shape index (κ1) is 15.9. The summed E-state index contributed by atoms with van der Waals surface area (Å²) in [4.78, 5) is 25.2. The smallest absolute Gasteiger partial charge is 0.277 e. The molecule has 1 heterocycles. The van der Waals surface area contributed by atoms with Crippen LogP contribution in [-0.2, 0) is 4.79 Å². The van der Waals surface area contributed by atoms with E-state index in [-0.39, 0.29) is 22.2 Å². The van der Waals surface area contributed by atoms with Crippen molar-refractivity contribution in [3.63, 3.8) is 0 Å². The molecule has 0 radical (unpaired) electrons. The summed E-state index contributed by atoms with van der Waals surface area (Å²) < 4.78 is 0. The van der Waals surface area contributed by atoms with Crippen LogP contribution in [0.25, 0.3) is 0 Å². The normalized spacial score (nSPS) is 14.7. The molecular formula is C14H17N5O2S. The van der Waals surface area contributed by atoms with Crippen LogP contribution >= 0.6 is 12.2 Å². The Bertz CT molecular complexity index is 638. The van der Waals surface area contributed by atoms with Gasteiger partial charge in [0.05, 0.1) is 11.3 Å². The number of nitrogens with one attached hydrogen (secondary N) is 1. The minimum atomic E-state index is -0.596. The maximum atomic E-state index is 12.3. The van der Waals surface area contributed by atoms with Crippen LogP contribution in [0.5, 0.6) is 0 Å². The number of thiocarbonyl (C=S) groups is 1. The fourth-order valence-corrected chi connectivity index (χ4v) is 2.32. The molecule has 1 aliphatic heterocycles. The molecule has 0 atom stereocenters. The third kappa shape index (κ3) is 3.59. The standard InChI is InChI=1S/C14H17N5O2S/c15-12(20)9-5-1-2-6-10(9)17-18-11(13(16)22)14(21)19-7-3-4-8-19/h1-2,5-6,17H,3-4,7-8H2,(H2,15,20)(H2,16,22). The maximum absolute atomic E-state index is 12.3. The van der Waals surface area contributed by atoms with Crippen LogP contribution in [0.1, 0.15) is 23.2 Å². The average molecular weight is 319 g/mol. The molecule has 0 spiro atoms. The first-order chi connectivity index (χ1) is 10.5. The van der Waals surface area contributed by atoms with Crippen LogP contribution in [0.4, 0.5) is 5.69 Å². The second-order valence-corrected chi connectivity index (χ2v) is 5.29. The van der Waals surface area contributed by atoms with E-state index in [4.69, 9.17) is 23.7 Å². The summed E-state index contributed by atoms with van der Waals surface area (Å²) in [5, 5.41) is 3.98. The van der Waals surface area contributed by atoms with Crippen LogP contribution in [0.3, 0.4) is 0 Å². The minimum absolute atomic E-state index is 0.0313. The number of para-hydroxylation sites is 1. The summed E-state index contributed by atoms with van der Waals surface area (Å²) in [5.41, 5.74) is 14.1. The van der Waals surface area contributed by atoms with Crippen molar-refractivity contribution in [2.24, 2.45) is 16.6 Å². The van der Waals surface area contributed by atoms with Crippen LogP contribution in [0.15, 0.2) is 29.4 Å². The van der Waals surface area contributed by atoms with Crippen molar-refractivity contribution >= 4 is 40.4 Å². The number of nitrogens with zero attached hydrogens (tertiary/aromatic N) is 2. The van der Waals surface area contributed by atoms with Gasteiger partial charge in [-0.3, -0.25) is 15.0 Å². The Balaban J connectivity index is 2.23. The Hall–Kier alpha value is -2.48. The number of carbonyl (C=O) groups is 2. The molecule has 1 aromatic rings. The van der Waals surface area contributed by atoms with Crippen molar-refractivity contribution in [3.05, 3.63) is 29.8 Å². The summed E-state index contributed by atoms with van der Waals surface area (Å²) in [6, 6.07) is 6.58. The lowest BCUT2D eigenvalue weighted by Crippen LogP contribution is -2.40. The molecule has 0 unspecified atom stereocenters. The van der Waals surface area contributed by atoms with E-state index in [9.17, 15) is 9.59 Å². The molecule has 22 heavy (non-hydrogen) atoms. The number of benzene rings is 1. The highest BCUT2D eigenvalue weighted by Gasteiger charge is 2.24. The lowest BCUT2D eigenvalue weighted by atomic mass is 10.2. The van der Waals surface area contributed by atoms with Gasteiger partial charge in [0.25, 0.3) is 11.8 Å². The van der Waals surface area contributed by atoms with Gasteiger partial charge >= 0.3 is 0 Å². The molecule has 0 aliphatic carbocycles. The Labute approximate surface area is 133 Å². The number of hydrazone groups is 1. The molecule has 1 aliphatic rings. The van der Waals surface area contributed by atoms with Crippen LogP contribution in [0.2, 0.25) is 0 Å². The van der Waals surface area contributed by atoms with Crippen molar-refractivity contribution in [3.8, 4) is 0 Å². The number of likely N-dealkylation sites (tertiary alicyclic amines) is 1. The van der Waals surface area contributed by atoms with Crippen LogP contribution in [0, 0.1) is 0 Å². The number of anilines is 1. The molecular weight excluding hydrogens is 302 g/mol. The fraction of sp³-hybridized carbons (Fsp3) is 0.286. The summed E-state index contributed by atoms with van der Waals surface area (Å²) >= 11 is 4.90. The Morgan fingerprint density at radius 2 is 1.82 bits per heavy atom. The van der Waals surface area contributed by atoms with Crippen LogP contribution < -0.4 is 16.9 Å². The van der Waals surface area contributed by atoms with E-state index in [1.165, 1.54) is 0 Å². The Morgan fingerprint density at radius 1 is 1.18 bits per heavy atom. The second-order valence-electron chi connectivity index (χ2n) is 4.85. The summed E-state index contributed by atoms with van der Waals surface area (Å²) in [6.45, 7) is 1.33. The number of primary amides is 1. The number of nitrogens with two attached hydrogens (primary N) is 2. The van der Waals surface area contributed by atoms with E-state index >= 15 is 0 Å². The van der Waals surface area contributed by atoms with Crippen molar-refractivity contribution in [1.82, 2.24) is 4.90 Å². The molecule has 1 fully saturated rings. The highest BCUT2D eigenvalue weighted by molar-refractivity contribution is 7.82. The first-order valence-electron chi connectivity index (χ1n) is 6.82. The van der Waals surface area contributed by atoms with Gasteiger partial charge in [-0.15, -0.1) is 0 Å². The maximum Gasteiger partial charge on any atom is 0.277 e. The van der Waals surface area contributed by atoms with Gasteiger partial charge in [0.1, 0.15) is 4.99 Å². The van der Waals surface area contributed by atoms with E-state index in [1.807, 2.05) is 0 Å². The van der Waals surface area contributed by atoms with Gasteiger partial charge in [-0.05, 0) is 25.0 Å². The van der Waals surface area contributed by atoms with E-state index in [1.54, 1.807) is 29.2 Å². The zero-order valence-electron chi connectivity index (χ0n) is 11.9. The van der Waals surface area contributed by atoms with E-state index in [0.717, 1.165) is 12.8 Å². The molecule has 1 aromatic carbocycles. The largest absolute Gasteiger partial charge is 0.388 e. The molecule has 7 nitrogen and oxygen atoms in total. The van der Waals surface area contributed by atoms with Gasteiger partial charge in [0.15, 0.2) is 5.71 Å². The lowest BCUT2D eigenvalue weighted by Gasteiger charge is -2.16. The molecule has 5 N–H and O–H groups in total. The predicted octanol–water partition coefficient (Wildman–Crippen LogP) is 0.462. The molecule has 1 saturated heterocycles. The van der Waals surface area contributed by atoms with Gasteiger partial charge in [-0.2, -0.15) is 5.10 Å². The third-order valence-corrected chi connectivity index (χ3v) is 3.50. The SMILES string of the molecule is NC(=O)c1ccccc1NN=C(C(=O)N1CCCC1)C(N)=S. The number of hydrogen-bond acceptors (Lipinski definition) is 5. The molecule has 116 valence electrons. The number of hydrogen-bond donors (Lipinski definition) is 3. The van der Waals surface area contributed by atoms with Gasteiger partial charge in [0.2, 0.25) is 0 Å². The quantitative estimate of drug-likeness (QED) is 0.414. The van der Waals surface area contributed by atoms with Gasteiger partial charge in [-0.25, -0.2) is 0 Å². The van der Waals surface area contributed by atoms with Gasteiger partial charge in [0, 0.05) is 13.1 Å². The number of amides is 2. The lowest BCUT2D eigenvalue weighted by molar-refractivity contribution is -0.122. The third-order valence-electron chi connectivity index (χ3n) is 3.31. The summed E-state index contributed by atoms with van der Waals surface area (Å²) in [6.07, 6.45) is 1.91. The monoisotopic (exact) mass is 319 g/mol. The summed E-state index contributed by atoms with van der Waals surface area (Å²) in [7, 11) is 0. The first-order valence-corrected chi connectivity index (χ1v) is 7.23. The zero-order chi connectivity index (χ0) is 16.1. The molecule has 0 aromatic heterocycles. The van der Waals surface area contributed by atoms with E-state index in [0.29, 0.717) is 18.8 Å². The minimum Gasteiger partial charge on any atom is -0.388 e. The molecule has 0 bridgehead atoms. The van der Waals surface area contributed by atoms with Crippen molar-refractivity contribution in [1.29, 1.82) is 0 Å². The van der Waals surface area contributed by atoms with E-state index < -0.39 is 5.91 Å². The number of carbonyl (C=O) groups excluding carboxylic acids is 2. The fourth-order valence-electron chi connectivity index (χ4n) is 2.19. The molecule has 2 amide bonds. The highest BCUT2D eigenvalue weighted by atomic mass is 32.1. The van der Waals surface area contributed by atoms with Crippen molar-refractivity contribution in [2.75, 3.05) is 18.5 Å². The Kier molecular flexibility index (Phi) is 5.05. The molecule has 0 saturated carbocycles. The second kappa shape index (κ2) is 6.99. The highest BCUT2D eigenvalue weighted by Crippen LogP contribution is 2.14. The average Bonchev–Trinajstić information content (AvgIpc) is 3.01. The van der Waals surface area contributed by atoms with Crippen LogP contribution in [-0.4, -0.2) is 40.5 Å². The zero-order valence-corrected chi connectivity index (χ0v) is 12.7. The Morgan fingerprint density at radius 3 is 2.41 bits per heavy atom. The topological polar surface area (TPSA) is 114 Å². The van der Waals surface area contributed by atoms with Crippen molar-refractivity contribution < 1.29 is 9.59 Å². The summed E-state index contributed by atoms with van der Waals surface area (Å²) in [5.74, 6) is -0.907. The van der Waals surface area contributed by atoms with Crippen molar-refractivity contribution in [2.45, 2.75) is 12.8 Å². The van der Waals surface area contributed by atoms with Gasteiger partial charge in [-0.1, -0.05) is 24.4 Å². The number of rotatable bonds is 5. The predicted molar refractivity (Wildman–Crippen MR) is 88.6 cm³/mol. The van der Waals surface area contributed by atoms with E-state index in [2.05, 4.69) is 10.5 Å². The molecule has 2 rings (SSSR count).